The van der Waals surface area contributed by atoms with Crippen LogP contribution < -0.4 is 15.0 Å². The summed E-state index contributed by atoms with van der Waals surface area (Å²) in [6.07, 6.45) is -5.88. The molecule has 0 unspecified atom stereocenters. The molecule has 1 atom stereocenters. The first-order chi connectivity index (χ1) is 12.5. The summed E-state index contributed by atoms with van der Waals surface area (Å²) in [4.78, 5) is 12.9. The molecule has 27 heavy (non-hydrogen) atoms. The van der Waals surface area contributed by atoms with Crippen LogP contribution in [-0.4, -0.2) is 20.4 Å². The second-order valence-corrected chi connectivity index (χ2v) is 7.02. The average Bonchev–Trinajstić information content (AvgIpc) is 2.61. The number of rotatable bonds is 6. The van der Waals surface area contributed by atoms with Gasteiger partial charge < -0.3 is 4.74 Å². The fraction of sp³-hybridized carbons (Fsp3) is 0.188. The van der Waals surface area contributed by atoms with Crippen LogP contribution in [0.1, 0.15) is 12.5 Å². The number of carbonyl (C=O) groups excluding carboxylic acids is 1. The number of sulfonamides is 1. The van der Waals surface area contributed by atoms with Gasteiger partial charge in [-0.3, -0.25) is 10.2 Å². The van der Waals surface area contributed by atoms with E-state index in [1.54, 1.807) is 4.83 Å². The van der Waals surface area contributed by atoms with Gasteiger partial charge in [0.05, 0.1) is 10.5 Å². The van der Waals surface area contributed by atoms with Gasteiger partial charge in [0.25, 0.3) is 15.9 Å². The standard InChI is InChI=1S/C16H14F4N2O4S/c1-10(26-13-7-5-12(17)6-8-13)15(23)21-22-27(24,25)14-4-2-3-11(9-14)16(18,19)20/h2-10,22H,1H3,(H,21,23)/t10-/m0/s1. The molecule has 0 saturated carbocycles. The second-order valence-electron chi connectivity index (χ2n) is 5.33. The number of halogens is 4. The molecule has 2 N–H and O–H groups in total. The molecule has 1 amide bonds. The normalized spacial score (nSPS) is 13.1. The molecule has 0 aliphatic rings. The number of amides is 1. The Morgan fingerprint density at radius 3 is 2.33 bits per heavy atom. The van der Waals surface area contributed by atoms with Gasteiger partial charge in [-0.25, -0.2) is 12.8 Å². The van der Waals surface area contributed by atoms with Gasteiger partial charge in [-0.05, 0) is 49.4 Å². The molecule has 2 aromatic rings. The van der Waals surface area contributed by atoms with Crippen molar-refractivity contribution in [3.8, 4) is 5.75 Å². The Morgan fingerprint density at radius 1 is 1.11 bits per heavy atom. The highest BCUT2D eigenvalue weighted by Crippen LogP contribution is 2.30. The Labute approximate surface area is 152 Å². The topological polar surface area (TPSA) is 84.5 Å². The first-order valence-electron chi connectivity index (χ1n) is 7.40. The van der Waals surface area contributed by atoms with Gasteiger partial charge in [-0.1, -0.05) is 6.07 Å². The van der Waals surface area contributed by atoms with Crippen molar-refractivity contribution in [2.24, 2.45) is 0 Å². The van der Waals surface area contributed by atoms with Crippen LogP contribution in [0.15, 0.2) is 53.4 Å². The van der Waals surface area contributed by atoms with Gasteiger partial charge in [0.1, 0.15) is 11.6 Å². The molecule has 0 aliphatic carbocycles. The molecule has 0 aromatic heterocycles. The summed E-state index contributed by atoms with van der Waals surface area (Å²) in [7, 11) is -4.44. The molecule has 146 valence electrons. The highest BCUT2D eigenvalue weighted by atomic mass is 32.2. The van der Waals surface area contributed by atoms with Crippen molar-refractivity contribution >= 4 is 15.9 Å². The first-order valence-corrected chi connectivity index (χ1v) is 8.88. The predicted octanol–water partition coefficient (Wildman–Crippen LogP) is 2.62. The number of carbonyl (C=O) groups is 1. The molecule has 0 saturated heterocycles. The third kappa shape index (κ3) is 5.66. The minimum atomic E-state index is -4.72. The summed E-state index contributed by atoms with van der Waals surface area (Å²) in [5.74, 6) is -1.25. The molecule has 2 rings (SSSR count). The number of hydrogen-bond acceptors (Lipinski definition) is 4. The summed E-state index contributed by atoms with van der Waals surface area (Å²) in [5.41, 5.74) is 0.705. The van der Waals surface area contributed by atoms with E-state index in [9.17, 15) is 30.8 Å². The van der Waals surface area contributed by atoms with E-state index in [4.69, 9.17) is 4.74 Å². The van der Waals surface area contributed by atoms with Crippen LogP contribution in [0.5, 0.6) is 5.75 Å². The minimum absolute atomic E-state index is 0.166. The lowest BCUT2D eigenvalue weighted by atomic mass is 10.2. The van der Waals surface area contributed by atoms with Crippen molar-refractivity contribution in [1.29, 1.82) is 0 Å². The largest absolute Gasteiger partial charge is 0.481 e. The lowest BCUT2D eigenvalue weighted by molar-refractivity contribution is -0.137. The summed E-state index contributed by atoms with van der Waals surface area (Å²) < 4.78 is 80.2. The lowest BCUT2D eigenvalue weighted by Gasteiger charge is -2.15. The van der Waals surface area contributed by atoms with E-state index in [1.807, 2.05) is 5.43 Å². The van der Waals surface area contributed by atoms with Crippen LogP contribution in [0.4, 0.5) is 17.6 Å². The maximum Gasteiger partial charge on any atom is 0.416 e. The minimum Gasteiger partial charge on any atom is -0.481 e. The monoisotopic (exact) mass is 406 g/mol. The van der Waals surface area contributed by atoms with Gasteiger partial charge in [0.2, 0.25) is 0 Å². The maximum atomic E-state index is 12.8. The molecular weight excluding hydrogens is 392 g/mol. The van der Waals surface area contributed by atoms with Crippen LogP contribution in [0.25, 0.3) is 0 Å². The van der Waals surface area contributed by atoms with E-state index in [1.165, 1.54) is 19.1 Å². The molecule has 0 fully saturated rings. The zero-order valence-corrected chi connectivity index (χ0v) is 14.6. The van der Waals surface area contributed by atoms with Gasteiger partial charge in [0.15, 0.2) is 6.10 Å². The molecule has 0 radical (unpaired) electrons. The van der Waals surface area contributed by atoms with E-state index in [0.717, 1.165) is 30.3 Å². The summed E-state index contributed by atoms with van der Waals surface area (Å²) >= 11 is 0. The number of benzene rings is 2. The summed E-state index contributed by atoms with van der Waals surface area (Å²) in [6.45, 7) is 1.30. The zero-order chi connectivity index (χ0) is 20.2. The molecule has 0 heterocycles. The van der Waals surface area contributed by atoms with Crippen LogP contribution in [0, 0.1) is 5.82 Å². The van der Waals surface area contributed by atoms with Gasteiger partial charge in [0, 0.05) is 0 Å². The number of alkyl halides is 3. The molecular formula is C16H14F4N2O4S. The van der Waals surface area contributed by atoms with E-state index in [2.05, 4.69) is 0 Å². The van der Waals surface area contributed by atoms with Crippen LogP contribution in [-0.2, 0) is 21.0 Å². The Balaban J connectivity index is 2.01. The number of hydrogen-bond donors (Lipinski definition) is 2. The third-order valence-electron chi connectivity index (χ3n) is 3.28. The van der Waals surface area contributed by atoms with E-state index in [-0.39, 0.29) is 5.75 Å². The Morgan fingerprint density at radius 2 is 1.74 bits per heavy atom. The van der Waals surface area contributed by atoms with E-state index < -0.39 is 44.5 Å². The lowest BCUT2D eigenvalue weighted by Crippen LogP contribution is -2.47. The quantitative estimate of drug-likeness (QED) is 0.571. The van der Waals surface area contributed by atoms with Gasteiger partial charge >= 0.3 is 6.18 Å². The molecule has 6 nitrogen and oxygen atoms in total. The van der Waals surface area contributed by atoms with Crippen LogP contribution in [0.3, 0.4) is 0 Å². The summed E-state index contributed by atoms with van der Waals surface area (Å²) in [5, 5.41) is 0. The van der Waals surface area contributed by atoms with Crippen molar-refractivity contribution in [3.63, 3.8) is 0 Å². The van der Waals surface area contributed by atoms with Crippen molar-refractivity contribution < 1.29 is 35.5 Å². The summed E-state index contributed by atoms with van der Waals surface area (Å²) in [6, 6.07) is 7.79. The Hall–Kier alpha value is -2.66. The number of hydrazine groups is 1. The van der Waals surface area contributed by atoms with Crippen molar-refractivity contribution in [3.05, 3.63) is 59.9 Å². The molecule has 0 spiro atoms. The number of ether oxygens (including phenoxy) is 1. The zero-order valence-electron chi connectivity index (χ0n) is 13.7. The highest BCUT2D eigenvalue weighted by Gasteiger charge is 2.31. The number of nitrogens with one attached hydrogen (secondary N) is 2. The highest BCUT2D eigenvalue weighted by molar-refractivity contribution is 7.89. The first kappa shape index (κ1) is 20.6. The smallest absolute Gasteiger partial charge is 0.416 e. The van der Waals surface area contributed by atoms with Gasteiger partial charge in [-0.15, -0.1) is 4.83 Å². The SMILES string of the molecule is C[C@H](Oc1ccc(F)cc1)C(=O)NNS(=O)(=O)c1cccc(C(F)(F)F)c1. The Kier molecular flexibility index (Phi) is 6.06. The Bertz CT molecular complexity index is 915. The van der Waals surface area contributed by atoms with Crippen molar-refractivity contribution in [2.45, 2.75) is 24.1 Å². The molecule has 2 aromatic carbocycles. The molecule has 0 aliphatic heterocycles. The van der Waals surface area contributed by atoms with E-state index in [0.29, 0.717) is 6.07 Å². The van der Waals surface area contributed by atoms with E-state index >= 15 is 0 Å². The second kappa shape index (κ2) is 7.92. The predicted molar refractivity (Wildman–Crippen MR) is 86.4 cm³/mol. The van der Waals surface area contributed by atoms with Crippen molar-refractivity contribution in [2.75, 3.05) is 0 Å². The molecule has 11 heteroatoms. The fourth-order valence-electron chi connectivity index (χ4n) is 1.89. The molecule has 0 bridgehead atoms. The third-order valence-corrected chi connectivity index (χ3v) is 4.52. The average molecular weight is 406 g/mol. The van der Waals surface area contributed by atoms with Gasteiger partial charge in [-0.2, -0.15) is 13.2 Å². The van der Waals surface area contributed by atoms with Crippen LogP contribution in [0.2, 0.25) is 0 Å². The van der Waals surface area contributed by atoms with Crippen molar-refractivity contribution in [1.82, 2.24) is 10.3 Å². The maximum absolute atomic E-state index is 12.8. The fourth-order valence-corrected chi connectivity index (χ4v) is 2.78. The van der Waals surface area contributed by atoms with Crippen LogP contribution >= 0.6 is 0 Å².